The minimum Gasteiger partial charge on any atom is -0.375 e. The van der Waals surface area contributed by atoms with Crippen LogP contribution in [0.25, 0.3) is 0 Å². The minimum atomic E-state index is -0.170. The van der Waals surface area contributed by atoms with Crippen LogP contribution in [0.1, 0.15) is 33.6 Å². The molecule has 1 heterocycles. The number of rotatable bonds is 4. The van der Waals surface area contributed by atoms with E-state index in [1.807, 2.05) is 13.8 Å². The van der Waals surface area contributed by atoms with Gasteiger partial charge in [0.15, 0.2) is 0 Å². The van der Waals surface area contributed by atoms with Gasteiger partial charge in [0, 0.05) is 20.0 Å². The normalized spacial score (nSPS) is 17.3. The average molecular weight is 242 g/mol. The van der Waals surface area contributed by atoms with Gasteiger partial charge in [0.25, 0.3) is 0 Å². The van der Waals surface area contributed by atoms with E-state index in [1.54, 1.807) is 4.90 Å². The molecular formula is C12H22N2O3. The third-order valence-electron chi connectivity index (χ3n) is 2.75. The van der Waals surface area contributed by atoms with Crippen LogP contribution in [0.15, 0.2) is 0 Å². The summed E-state index contributed by atoms with van der Waals surface area (Å²) < 4.78 is 5.71. The van der Waals surface area contributed by atoms with E-state index in [0.717, 1.165) is 25.9 Å². The van der Waals surface area contributed by atoms with Gasteiger partial charge < -0.3 is 15.0 Å². The molecule has 2 amide bonds. The van der Waals surface area contributed by atoms with Crippen molar-refractivity contribution in [3.8, 4) is 0 Å². The van der Waals surface area contributed by atoms with Gasteiger partial charge in [0.1, 0.15) is 0 Å². The minimum absolute atomic E-state index is 0.0109. The first-order valence-corrected chi connectivity index (χ1v) is 6.16. The van der Waals surface area contributed by atoms with Crippen molar-refractivity contribution < 1.29 is 14.3 Å². The lowest BCUT2D eigenvalue weighted by molar-refractivity contribution is -0.135. The molecule has 0 radical (unpaired) electrons. The summed E-state index contributed by atoms with van der Waals surface area (Å²) >= 11 is 0. The maximum absolute atomic E-state index is 11.7. The second kappa shape index (κ2) is 6.59. The highest BCUT2D eigenvalue weighted by molar-refractivity contribution is 5.83. The molecule has 0 aliphatic carbocycles. The predicted molar refractivity (Wildman–Crippen MR) is 64.5 cm³/mol. The van der Waals surface area contributed by atoms with Gasteiger partial charge in [-0.2, -0.15) is 0 Å². The molecule has 0 aromatic heterocycles. The summed E-state index contributed by atoms with van der Waals surface area (Å²) in [5, 5.41) is 2.52. The zero-order valence-corrected chi connectivity index (χ0v) is 10.9. The van der Waals surface area contributed by atoms with Crippen LogP contribution >= 0.6 is 0 Å². The number of carbonyl (C=O) groups excluding carboxylic acids is 2. The molecular weight excluding hydrogens is 220 g/mol. The molecule has 0 spiro atoms. The molecule has 1 saturated heterocycles. The molecule has 1 fully saturated rings. The van der Waals surface area contributed by atoms with Gasteiger partial charge >= 0.3 is 0 Å². The summed E-state index contributed by atoms with van der Waals surface area (Å²) in [7, 11) is 0. The Kier molecular flexibility index (Phi) is 5.41. The SMILES string of the molecule is CC(=O)NCC(=O)N1CCC(OC(C)C)CC1. The van der Waals surface area contributed by atoms with Crippen LogP contribution in [0.3, 0.4) is 0 Å². The highest BCUT2D eigenvalue weighted by atomic mass is 16.5. The molecule has 98 valence electrons. The van der Waals surface area contributed by atoms with Gasteiger partial charge in [-0.15, -0.1) is 0 Å². The van der Waals surface area contributed by atoms with Crippen molar-refractivity contribution in [3.63, 3.8) is 0 Å². The van der Waals surface area contributed by atoms with Gasteiger partial charge in [-0.1, -0.05) is 0 Å². The Bertz CT molecular complexity index is 271. The number of carbonyl (C=O) groups is 2. The lowest BCUT2D eigenvalue weighted by atomic mass is 10.1. The number of amides is 2. The Morgan fingerprint density at radius 2 is 1.94 bits per heavy atom. The molecule has 1 rings (SSSR count). The maximum atomic E-state index is 11.7. The van der Waals surface area contributed by atoms with E-state index in [-0.39, 0.29) is 30.6 Å². The van der Waals surface area contributed by atoms with Crippen molar-refractivity contribution in [1.29, 1.82) is 0 Å². The number of likely N-dealkylation sites (tertiary alicyclic amines) is 1. The average Bonchev–Trinajstić information content (AvgIpc) is 2.26. The van der Waals surface area contributed by atoms with Crippen LogP contribution < -0.4 is 5.32 Å². The summed E-state index contributed by atoms with van der Waals surface area (Å²) in [6.07, 6.45) is 2.26. The van der Waals surface area contributed by atoms with E-state index in [4.69, 9.17) is 4.74 Å². The molecule has 0 bridgehead atoms. The second-order valence-corrected chi connectivity index (χ2v) is 4.67. The summed E-state index contributed by atoms with van der Waals surface area (Å²) in [6.45, 7) is 7.00. The topological polar surface area (TPSA) is 58.6 Å². The van der Waals surface area contributed by atoms with E-state index in [1.165, 1.54) is 6.92 Å². The van der Waals surface area contributed by atoms with Crippen molar-refractivity contribution in [3.05, 3.63) is 0 Å². The molecule has 1 N–H and O–H groups in total. The fourth-order valence-electron chi connectivity index (χ4n) is 1.94. The highest BCUT2D eigenvalue weighted by Gasteiger charge is 2.23. The summed E-state index contributed by atoms with van der Waals surface area (Å²) in [6, 6.07) is 0. The van der Waals surface area contributed by atoms with Crippen LogP contribution in [0, 0.1) is 0 Å². The summed E-state index contributed by atoms with van der Waals surface area (Å²) in [5.41, 5.74) is 0. The number of nitrogens with one attached hydrogen (secondary N) is 1. The first-order chi connectivity index (χ1) is 7.99. The standard InChI is InChI=1S/C12H22N2O3/c1-9(2)17-11-4-6-14(7-5-11)12(16)8-13-10(3)15/h9,11H,4-8H2,1-3H3,(H,13,15). The lowest BCUT2D eigenvalue weighted by Gasteiger charge is -2.32. The highest BCUT2D eigenvalue weighted by Crippen LogP contribution is 2.15. The molecule has 17 heavy (non-hydrogen) atoms. The van der Waals surface area contributed by atoms with Gasteiger partial charge in [0.05, 0.1) is 18.8 Å². The van der Waals surface area contributed by atoms with E-state index < -0.39 is 0 Å². The largest absolute Gasteiger partial charge is 0.375 e. The third kappa shape index (κ3) is 5.17. The Morgan fingerprint density at radius 3 is 2.41 bits per heavy atom. The Morgan fingerprint density at radius 1 is 1.35 bits per heavy atom. The number of nitrogens with zero attached hydrogens (tertiary/aromatic N) is 1. The Balaban J connectivity index is 2.26. The number of hydrogen-bond acceptors (Lipinski definition) is 3. The van der Waals surface area contributed by atoms with Crippen molar-refractivity contribution in [2.24, 2.45) is 0 Å². The quantitative estimate of drug-likeness (QED) is 0.782. The molecule has 1 aliphatic rings. The molecule has 0 aromatic carbocycles. The van der Waals surface area contributed by atoms with E-state index in [2.05, 4.69) is 5.32 Å². The molecule has 1 aliphatic heterocycles. The van der Waals surface area contributed by atoms with E-state index >= 15 is 0 Å². The summed E-state index contributed by atoms with van der Waals surface area (Å²) in [5.74, 6) is -0.181. The Labute approximate surface area is 102 Å². The number of hydrogen-bond donors (Lipinski definition) is 1. The maximum Gasteiger partial charge on any atom is 0.241 e. The zero-order valence-electron chi connectivity index (χ0n) is 10.9. The second-order valence-electron chi connectivity index (χ2n) is 4.67. The van der Waals surface area contributed by atoms with Crippen molar-refractivity contribution in [2.45, 2.75) is 45.8 Å². The van der Waals surface area contributed by atoms with Gasteiger partial charge in [0.2, 0.25) is 11.8 Å². The van der Waals surface area contributed by atoms with Crippen molar-refractivity contribution in [2.75, 3.05) is 19.6 Å². The van der Waals surface area contributed by atoms with Crippen molar-refractivity contribution in [1.82, 2.24) is 10.2 Å². The first kappa shape index (κ1) is 14.0. The zero-order chi connectivity index (χ0) is 12.8. The lowest BCUT2D eigenvalue weighted by Crippen LogP contribution is -2.45. The van der Waals surface area contributed by atoms with Crippen LogP contribution in [0.2, 0.25) is 0 Å². The molecule has 0 atom stereocenters. The third-order valence-corrected chi connectivity index (χ3v) is 2.75. The summed E-state index contributed by atoms with van der Waals surface area (Å²) in [4.78, 5) is 24.2. The Hall–Kier alpha value is -1.10. The van der Waals surface area contributed by atoms with Gasteiger partial charge in [-0.05, 0) is 26.7 Å². The molecule has 5 heteroatoms. The van der Waals surface area contributed by atoms with Crippen molar-refractivity contribution >= 4 is 11.8 Å². The fraction of sp³-hybridized carbons (Fsp3) is 0.833. The van der Waals surface area contributed by atoms with E-state index in [0.29, 0.717) is 0 Å². The van der Waals surface area contributed by atoms with Crippen LogP contribution in [0.4, 0.5) is 0 Å². The molecule has 5 nitrogen and oxygen atoms in total. The first-order valence-electron chi connectivity index (χ1n) is 6.16. The fourth-order valence-corrected chi connectivity index (χ4v) is 1.94. The smallest absolute Gasteiger partial charge is 0.241 e. The van der Waals surface area contributed by atoms with Gasteiger partial charge in [-0.25, -0.2) is 0 Å². The number of piperidine rings is 1. The van der Waals surface area contributed by atoms with Crippen LogP contribution in [0.5, 0.6) is 0 Å². The van der Waals surface area contributed by atoms with E-state index in [9.17, 15) is 9.59 Å². The molecule has 0 aromatic rings. The monoisotopic (exact) mass is 242 g/mol. The molecule has 0 unspecified atom stereocenters. The van der Waals surface area contributed by atoms with Crippen LogP contribution in [-0.2, 0) is 14.3 Å². The predicted octanol–water partition coefficient (Wildman–Crippen LogP) is 0.539. The number of ether oxygens (including phenoxy) is 1. The van der Waals surface area contributed by atoms with Crippen LogP contribution in [-0.4, -0.2) is 48.6 Å². The van der Waals surface area contributed by atoms with Gasteiger partial charge in [-0.3, -0.25) is 9.59 Å². The molecule has 0 saturated carbocycles.